The maximum absolute atomic E-state index is 11.5. The van der Waals surface area contributed by atoms with E-state index in [-0.39, 0.29) is 0 Å². The minimum Gasteiger partial charge on any atom is -0.383 e. The summed E-state index contributed by atoms with van der Waals surface area (Å²) < 4.78 is 23.0. The van der Waals surface area contributed by atoms with Crippen molar-refractivity contribution in [1.82, 2.24) is 0 Å². The van der Waals surface area contributed by atoms with Crippen LogP contribution in [0.4, 0.5) is 5.69 Å². The quantitative estimate of drug-likeness (QED) is 0.929. The molecule has 0 aliphatic carbocycles. The van der Waals surface area contributed by atoms with Crippen LogP contribution < -0.4 is 5.32 Å². The minimum absolute atomic E-state index is 0.301. The molecule has 0 bridgehead atoms. The van der Waals surface area contributed by atoms with Crippen LogP contribution in [0.3, 0.4) is 0 Å². The largest absolute Gasteiger partial charge is 0.383 e. The normalized spacial score (nSPS) is 20.0. The summed E-state index contributed by atoms with van der Waals surface area (Å²) in [5.41, 5.74) is 0.705. The molecule has 1 aromatic carbocycles. The van der Waals surface area contributed by atoms with Gasteiger partial charge in [0.1, 0.15) is 0 Å². The number of thioether (sulfide) groups is 1. The Labute approximate surface area is 117 Å². The fourth-order valence-electron chi connectivity index (χ4n) is 1.87. The van der Waals surface area contributed by atoms with Crippen molar-refractivity contribution in [1.29, 1.82) is 0 Å². The molecule has 1 aromatic rings. The van der Waals surface area contributed by atoms with E-state index < -0.39 is 9.84 Å². The summed E-state index contributed by atoms with van der Waals surface area (Å²) in [7, 11) is -3.18. The van der Waals surface area contributed by atoms with Crippen molar-refractivity contribution in [3.05, 3.63) is 23.2 Å². The smallest absolute Gasteiger partial charge is 0.175 e. The van der Waals surface area contributed by atoms with Gasteiger partial charge in [0.15, 0.2) is 9.84 Å². The molecule has 1 N–H and O–H groups in total. The van der Waals surface area contributed by atoms with Crippen molar-refractivity contribution in [2.45, 2.75) is 11.3 Å². The fourth-order valence-corrected chi connectivity index (χ4v) is 3.99. The molecular formula is C12H16ClNO2S2. The van der Waals surface area contributed by atoms with Crippen molar-refractivity contribution in [3.63, 3.8) is 0 Å². The van der Waals surface area contributed by atoms with Gasteiger partial charge in [-0.15, -0.1) is 0 Å². The Morgan fingerprint density at radius 3 is 2.89 bits per heavy atom. The fraction of sp³-hybridized carbons (Fsp3) is 0.500. The van der Waals surface area contributed by atoms with Crippen molar-refractivity contribution >= 4 is 38.9 Å². The van der Waals surface area contributed by atoms with E-state index in [1.165, 1.54) is 24.5 Å². The molecular weight excluding hydrogens is 290 g/mol. The summed E-state index contributed by atoms with van der Waals surface area (Å²) in [6.07, 6.45) is 2.41. The number of anilines is 1. The molecule has 18 heavy (non-hydrogen) atoms. The Balaban J connectivity index is 2.11. The highest BCUT2D eigenvalue weighted by atomic mass is 35.5. The number of hydrogen-bond acceptors (Lipinski definition) is 4. The van der Waals surface area contributed by atoms with E-state index >= 15 is 0 Å². The first-order chi connectivity index (χ1) is 8.47. The molecule has 6 heteroatoms. The Bertz CT molecular complexity index is 525. The number of rotatable bonds is 4. The maximum Gasteiger partial charge on any atom is 0.175 e. The molecule has 1 unspecified atom stereocenters. The zero-order chi connectivity index (χ0) is 13.2. The lowest BCUT2D eigenvalue weighted by molar-refractivity contribution is 0.602. The Hall–Kier alpha value is -0.390. The van der Waals surface area contributed by atoms with E-state index in [1.54, 1.807) is 12.1 Å². The van der Waals surface area contributed by atoms with Crippen LogP contribution in [-0.4, -0.2) is 32.7 Å². The first-order valence-corrected chi connectivity index (χ1v) is 9.20. The van der Waals surface area contributed by atoms with Gasteiger partial charge in [-0.3, -0.25) is 0 Å². The minimum atomic E-state index is -3.18. The van der Waals surface area contributed by atoms with Crippen molar-refractivity contribution in [2.75, 3.05) is 29.6 Å². The first-order valence-electron chi connectivity index (χ1n) is 5.78. The summed E-state index contributed by atoms with van der Waals surface area (Å²) in [4.78, 5) is 0.301. The van der Waals surface area contributed by atoms with Crippen LogP contribution in [-0.2, 0) is 9.84 Å². The average molecular weight is 306 g/mol. The predicted octanol–water partition coefficient (Wildman–Crippen LogP) is 2.91. The van der Waals surface area contributed by atoms with Gasteiger partial charge in [-0.25, -0.2) is 8.42 Å². The molecule has 1 aliphatic heterocycles. The molecule has 1 saturated heterocycles. The third-order valence-electron chi connectivity index (χ3n) is 2.97. The monoisotopic (exact) mass is 305 g/mol. The third kappa shape index (κ3) is 3.56. The summed E-state index contributed by atoms with van der Waals surface area (Å²) in [5.74, 6) is 3.02. The standard InChI is InChI=1S/C12H16ClNO2S2/c1-18(15,16)10-2-3-11(13)12(6-10)14-7-9-4-5-17-8-9/h2-3,6,9,14H,4-5,7-8H2,1H3. The van der Waals surface area contributed by atoms with Crippen LogP contribution in [0.2, 0.25) is 5.02 Å². The highest BCUT2D eigenvalue weighted by Crippen LogP contribution is 2.28. The molecule has 2 rings (SSSR count). The van der Waals surface area contributed by atoms with Crippen LogP contribution in [0.25, 0.3) is 0 Å². The lowest BCUT2D eigenvalue weighted by Crippen LogP contribution is -2.14. The van der Waals surface area contributed by atoms with Gasteiger partial charge in [0.25, 0.3) is 0 Å². The number of sulfone groups is 1. The first kappa shape index (κ1) is 14.0. The van der Waals surface area contributed by atoms with Gasteiger partial charge in [0, 0.05) is 12.8 Å². The van der Waals surface area contributed by atoms with Crippen molar-refractivity contribution < 1.29 is 8.42 Å². The van der Waals surface area contributed by atoms with E-state index in [1.807, 2.05) is 11.8 Å². The zero-order valence-corrected chi connectivity index (χ0v) is 12.5. The van der Waals surface area contributed by atoms with Gasteiger partial charge in [0.2, 0.25) is 0 Å². The average Bonchev–Trinajstić information content (AvgIpc) is 2.79. The molecule has 1 fully saturated rings. The lowest BCUT2D eigenvalue weighted by Gasteiger charge is -2.13. The molecule has 1 heterocycles. The van der Waals surface area contributed by atoms with Gasteiger partial charge in [0.05, 0.1) is 15.6 Å². The predicted molar refractivity (Wildman–Crippen MR) is 78.5 cm³/mol. The molecule has 1 aliphatic rings. The molecule has 0 aromatic heterocycles. The SMILES string of the molecule is CS(=O)(=O)c1ccc(Cl)c(NCC2CCSC2)c1. The van der Waals surface area contributed by atoms with E-state index in [9.17, 15) is 8.42 Å². The molecule has 0 spiro atoms. The molecule has 0 radical (unpaired) electrons. The van der Waals surface area contributed by atoms with E-state index in [0.717, 1.165) is 12.3 Å². The van der Waals surface area contributed by atoms with Gasteiger partial charge in [-0.2, -0.15) is 11.8 Å². The van der Waals surface area contributed by atoms with E-state index in [4.69, 9.17) is 11.6 Å². The maximum atomic E-state index is 11.5. The summed E-state index contributed by atoms with van der Waals surface area (Å²) in [6.45, 7) is 0.847. The van der Waals surface area contributed by atoms with Crippen LogP contribution >= 0.6 is 23.4 Å². The molecule has 3 nitrogen and oxygen atoms in total. The highest BCUT2D eigenvalue weighted by Gasteiger charge is 2.16. The van der Waals surface area contributed by atoms with Crippen LogP contribution in [0.1, 0.15) is 6.42 Å². The molecule has 0 saturated carbocycles. The van der Waals surface area contributed by atoms with Gasteiger partial charge < -0.3 is 5.32 Å². The molecule has 100 valence electrons. The topological polar surface area (TPSA) is 46.2 Å². The summed E-state index contributed by atoms with van der Waals surface area (Å²) in [6, 6.07) is 4.78. The van der Waals surface area contributed by atoms with Crippen LogP contribution in [0.5, 0.6) is 0 Å². The second kappa shape index (κ2) is 5.72. The van der Waals surface area contributed by atoms with Gasteiger partial charge >= 0.3 is 0 Å². The third-order valence-corrected chi connectivity index (χ3v) is 5.64. The van der Waals surface area contributed by atoms with Crippen molar-refractivity contribution in [2.24, 2.45) is 5.92 Å². The van der Waals surface area contributed by atoms with Gasteiger partial charge in [-0.1, -0.05) is 11.6 Å². The van der Waals surface area contributed by atoms with E-state index in [2.05, 4.69) is 5.32 Å². The molecule has 1 atom stereocenters. The Kier molecular flexibility index (Phi) is 4.45. The lowest BCUT2D eigenvalue weighted by atomic mass is 10.1. The zero-order valence-electron chi connectivity index (χ0n) is 10.1. The summed E-state index contributed by atoms with van der Waals surface area (Å²) >= 11 is 8.03. The Morgan fingerprint density at radius 2 is 2.28 bits per heavy atom. The number of nitrogens with one attached hydrogen (secondary N) is 1. The molecule has 0 amide bonds. The van der Waals surface area contributed by atoms with E-state index in [0.29, 0.717) is 21.5 Å². The second-order valence-electron chi connectivity index (χ2n) is 4.52. The second-order valence-corrected chi connectivity index (χ2v) is 8.10. The number of benzene rings is 1. The summed E-state index contributed by atoms with van der Waals surface area (Å²) in [5, 5.41) is 3.82. The van der Waals surface area contributed by atoms with Crippen molar-refractivity contribution in [3.8, 4) is 0 Å². The number of halogens is 1. The van der Waals surface area contributed by atoms with Crippen LogP contribution in [0.15, 0.2) is 23.1 Å². The highest BCUT2D eigenvalue weighted by molar-refractivity contribution is 7.99. The Morgan fingerprint density at radius 1 is 1.50 bits per heavy atom. The van der Waals surface area contributed by atoms with Crippen LogP contribution in [0, 0.1) is 5.92 Å². The number of hydrogen-bond donors (Lipinski definition) is 1. The van der Waals surface area contributed by atoms with Gasteiger partial charge in [-0.05, 0) is 42.0 Å².